The lowest BCUT2D eigenvalue weighted by molar-refractivity contribution is -0.131. The average molecular weight is 247 g/mol. The van der Waals surface area contributed by atoms with E-state index in [4.69, 9.17) is 0 Å². The Morgan fingerprint density at radius 3 is 2.83 bits per heavy atom. The smallest absolute Gasteiger partial charge is 0.228 e. The Balaban J connectivity index is 2.03. The Morgan fingerprint density at radius 2 is 2.28 bits per heavy atom. The first-order chi connectivity index (χ1) is 8.68. The molecule has 0 saturated carbocycles. The van der Waals surface area contributed by atoms with E-state index in [1.165, 1.54) is 0 Å². The number of amides is 1. The molecule has 0 aliphatic carbocycles. The number of hydrogen-bond donors (Lipinski definition) is 2. The molecule has 18 heavy (non-hydrogen) atoms. The van der Waals surface area contributed by atoms with E-state index in [-0.39, 0.29) is 17.4 Å². The number of nitrogens with one attached hydrogen (secondary N) is 2. The Bertz CT molecular complexity index is 399. The molecule has 1 fully saturated rings. The number of carbonyl (C=O) groups is 1. The van der Waals surface area contributed by atoms with Gasteiger partial charge in [-0.3, -0.25) is 9.78 Å². The van der Waals surface area contributed by atoms with Crippen molar-refractivity contribution < 1.29 is 4.79 Å². The summed E-state index contributed by atoms with van der Waals surface area (Å²) in [4.78, 5) is 16.4. The standard InChI is InChI=1S/C14H21N3O/c1-3-14(6-9-16-10-14)13(18)17-11(2)12-4-7-15-8-5-12/h4-5,7-8,11,16H,3,6,9-10H2,1-2H3,(H,17,18). The minimum absolute atomic E-state index is 0.0320. The van der Waals surface area contributed by atoms with E-state index >= 15 is 0 Å². The van der Waals surface area contributed by atoms with Crippen LogP contribution in [-0.2, 0) is 4.79 Å². The largest absolute Gasteiger partial charge is 0.349 e. The maximum absolute atomic E-state index is 12.4. The molecule has 0 bridgehead atoms. The minimum atomic E-state index is -0.221. The molecule has 1 aromatic heterocycles. The van der Waals surface area contributed by atoms with Crippen molar-refractivity contribution in [2.75, 3.05) is 13.1 Å². The predicted octanol–water partition coefficient (Wildman–Crippen LogP) is 1.65. The number of carbonyl (C=O) groups excluding carboxylic acids is 1. The zero-order chi connectivity index (χ0) is 13.0. The van der Waals surface area contributed by atoms with Gasteiger partial charge in [0.1, 0.15) is 0 Å². The quantitative estimate of drug-likeness (QED) is 0.850. The highest BCUT2D eigenvalue weighted by molar-refractivity contribution is 5.83. The molecule has 1 amide bonds. The van der Waals surface area contributed by atoms with Crippen LogP contribution in [0.2, 0.25) is 0 Å². The second-order valence-electron chi connectivity index (χ2n) is 5.04. The van der Waals surface area contributed by atoms with Crippen LogP contribution in [0.1, 0.15) is 38.3 Å². The van der Waals surface area contributed by atoms with E-state index in [1.54, 1.807) is 12.4 Å². The normalized spacial score (nSPS) is 24.8. The fourth-order valence-electron chi connectivity index (χ4n) is 2.49. The third-order valence-corrected chi connectivity index (χ3v) is 3.96. The molecule has 4 nitrogen and oxygen atoms in total. The zero-order valence-corrected chi connectivity index (χ0v) is 11.1. The Labute approximate surface area is 108 Å². The van der Waals surface area contributed by atoms with E-state index in [1.807, 2.05) is 19.1 Å². The Kier molecular flexibility index (Phi) is 3.97. The summed E-state index contributed by atoms with van der Waals surface area (Å²) in [5.41, 5.74) is 0.872. The van der Waals surface area contributed by atoms with Crippen LogP contribution < -0.4 is 10.6 Å². The number of aromatic nitrogens is 1. The van der Waals surface area contributed by atoms with Crippen molar-refractivity contribution in [2.24, 2.45) is 5.41 Å². The highest BCUT2D eigenvalue weighted by atomic mass is 16.2. The molecule has 0 spiro atoms. The van der Waals surface area contributed by atoms with Crippen LogP contribution in [0.4, 0.5) is 0 Å². The number of rotatable bonds is 4. The first-order valence-corrected chi connectivity index (χ1v) is 6.59. The summed E-state index contributed by atoms with van der Waals surface area (Å²) < 4.78 is 0. The molecule has 1 aromatic rings. The van der Waals surface area contributed by atoms with Gasteiger partial charge in [0.2, 0.25) is 5.91 Å². The van der Waals surface area contributed by atoms with E-state index in [0.717, 1.165) is 31.5 Å². The van der Waals surface area contributed by atoms with Crippen LogP contribution in [0.3, 0.4) is 0 Å². The summed E-state index contributed by atoms with van der Waals surface area (Å²) in [5.74, 6) is 0.166. The van der Waals surface area contributed by atoms with Crippen molar-refractivity contribution in [3.05, 3.63) is 30.1 Å². The summed E-state index contributed by atoms with van der Waals surface area (Å²) in [6.45, 7) is 5.83. The molecule has 1 aliphatic rings. The molecular formula is C14H21N3O. The molecule has 0 radical (unpaired) electrons. The molecule has 2 rings (SSSR count). The second kappa shape index (κ2) is 5.48. The second-order valence-corrected chi connectivity index (χ2v) is 5.04. The van der Waals surface area contributed by atoms with E-state index < -0.39 is 0 Å². The Morgan fingerprint density at radius 1 is 1.56 bits per heavy atom. The SMILES string of the molecule is CCC1(C(=O)NC(C)c2ccncc2)CCNC1. The summed E-state index contributed by atoms with van der Waals surface area (Å²) in [7, 11) is 0. The predicted molar refractivity (Wildman–Crippen MR) is 71.0 cm³/mol. The maximum atomic E-state index is 12.4. The molecule has 2 N–H and O–H groups in total. The highest BCUT2D eigenvalue weighted by Gasteiger charge is 2.39. The monoisotopic (exact) mass is 247 g/mol. The molecule has 98 valence electrons. The van der Waals surface area contributed by atoms with Crippen molar-refractivity contribution in [2.45, 2.75) is 32.7 Å². The highest BCUT2D eigenvalue weighted by Crippen LogP contribution is 2.30. The maximum Gasteiger partial charge on any atom is 0.228 e. The molecule has 0 aromatic carbocycles. The number of pyridine rings is 1. The minimum Gasteiger partial charge on any atom is -0.349 e. The van der Waals surface area contributed by atoms with Gasteiger partial charge in [0, 0.05) is 18.9 Å². The van der Waals surface area contributed by atoms with Gasteiger partial charge >= 0.3 is 0 Å². The lowest BCUT2D eigenvalue weighted by atomic mass is 9.83. The van der Waals surface area contributed by atoms with Crippen LogP contribution in [-0.4, -0.2) is 24.0 Å². The fraction of sp³-hybridized carbons (Fsp3) is 0.571. The van der Waals surface area contributed by atoms with Crippen molar-refractivity contribution >= 4 is 5.91 Å². The fourth-order valence-corrected chi connectivity index (χ4v) is 2.49. The topological polar surface area (TPSA) is 54.0 Å². The van der Waals surface area contributed by atoms with Gasteiger partial charge in [-0.05, 0) is 44.0 Å². The van der Waals surface area contributed by atoms with Crippen LogP contribution in [0.15, 0.2) is 24.5 Å². The summed E-state index contributed by atoms with van der Waals surface area (Å²) in [6, 6.07) is 3.91. The summed E-state index contributed by atoms with van der Waals surface area (Å²) >= 11 is 0. The molecule has 2 atom stereocenters. The lowest BCUT2D eigenvalue weighted by Crippen LogP contribution is -2.43. The van der Waals surface area contributed by atoms with Gasteiger partial charge in [-0.2, -0.15) is 0 Å². The van der Waals surface area contributed by atoms with Gasteiger partial charge in [-0.25, -0.2) is 0 Å². The summed E-state index contributed by atoms with van der Waals surface area (Å²) in [5, 5.41) is 6.41. The number of hydrogen-bond acceptors (Lipinski definition) is 3. The van der Waals surface area contributed by atoms with Crippen LogP contribution >= 0.6 is 0 Å². The van der Waals surface area contributed by atoms with Gasteiger partial charge in [-0.1, -0.05) is 6.92 Å². The first kappa shape index (κ1) is 13.0. The van der Waals surface area contributed by atoms with Gasteiger partial charge in [0.15, 0.2) is 0 Å². The van der Waals surface area contributed by atoms with Crippen molar-refractivity contribution in [3.8, 4) is 0 Å². The van der Waals surface area contributed by atoms with Gasteiger partial charge in [0.05, 0.1) is 11.5 Å². The molecule has 2 unspecified atom stereocenters. The van der Waals surface area contributed by atoms with E-state index in [9.17, 15) is 4.79 Å². The van der Waals surface area contributed by atoms with E-state index in [2.05, 4.69) is 22.5 Å². The van der Waals surface area contributed by atoms with Crippen molar-refractivity contribution in [3.63, 3.8) is 0 Å². The third kappa shape index (κ3) is 2.53. The van der Waals surface area contributed by atoms with Crippen LogP contribution in [0, 0.1) is 5.41 Å². The van der Waals surface area contributed by atoms with Gasteiger partial charge in [-0.15, -0.1) is 0 Å². The number of nitrogens with zero attached hydrogens (tertiary/aromatic N) is 1. The van der Waals surface area contributed by atoms with Crippen molar-refractivity contribution in [1.82, 2.24) is 15.6 Å². The molecule has 1 saturated heterocycles. The summed E-state index contributed by atoms with van der Waals surface area (Å²) in [6.07, 6.45) is 5.32. The zero-order valence-electron chi connectivity index (χ0n) is 11.1. The molecular weight excluding hydrogens is 226 g/mol. The third-order valence-electron chi connectivity index (χ3n) is 3.96. The first-order valence-electron chi connectivity index (χ1n) is 6.59. The van der Waals surface area contributed by atoms with Crippen molar-refractivity contribution in [1.29, 1.82) is 0 Å². The molecule has 1 aliphatic heterocycles. The van der Waals surface area contributed by atoms with Crippen LogP contribution in [0.5, 0.6) is 0 Å². The Hall–Kier alpha value is -1.42. The average Bonchev–Trinajstić information content (AvgIpc) is 2.89. The lowest BCUT2D eigenvalue weighted by Gasteiger charge is -2.27. The molecule has 2 heterocycles. The molecule has 4 heteroatoms. The van der Waals surface area contributed by atoms with E-state index in [0.29, 0.717) is 0 Å². The van der Waals surface area contributed by atoms with Gasteiger partial charge in [0.25, 0.3) is 0 Å². The van der Waals surface area contributed by atoms with Crippen LogP contribution in [0.25, 0.3) is 0 Å². The van der Waals surface area contributed by atoms with Gasteiger partial charge < -0.3 is 10.6 Å².